The number of carbonyl (C=O) groups excluding carboxylic acids is 2. The molecule has 0 saturated carbocycles. The molecule has 1 N–H and O–H groups in total. The van der Waals surface area contributed by atoms with E-state index in [9.17, 15) is 9.59 Å². The van der Waals surface area contributed by atoms with Crippen LogP contribution in [0.1, 0.15) is 41.8 Å². The van der Waals surface area contributed by atoms with Crippen LogP contribution in [0.25, 0.3) is 0 Å². The Morgan fingerprint density at radius 1 is 1.15 bits per heavy atom. The highest BCUT2D eigenvalue weighted by Crippen LogP contribution is 2.30. The molecule has 5 heteroatoms. The molecule has 0 radical (unpaired) electrons. The number of benzene rings is 2. The lowest BCUT2D eigenvalue weighted by Gasteiger charge is -2.18. The fraction of sp³-hybridized carbons (Fsp3) is 0.364. The average molecular weight is 366 g/mol. The quantitative estimate of drug-likeness (QED) is 0.850. The number of amides is 2. The van der Waals surface area contributed by atoms with E-state index < -0.39 is 0 Å². The van der Waals surface area contributed by atoms with Crippen LogP contribution >= 0.6 is 0 Å². The summed E-state index contributed by atoms with van der Waals surface area (Å²) in [4.78, 5) is 26.6. The number of hydrogen-bond donors (Lipinski definition) is 1. The lowest BCUT2D eigenvalue weighted by molar-refractivity contribution is -0.119. The normalized spacial score (nSPS) is 12.8. The Hall–Kier alpha value is -2.82. The van der Waals surface area contributed by atoms with Gasteiger partial charge in [-0.2, -0.15) is 0 Å². The highest BCUT2D eigenvalue weighted by Gasteiger charge is 2.25. The highest BCUT2D eigenvalue weighted by molar-refractivity contribution is 5.96. The molecule has 0 aliphatic carbocycles. The first-order valence-electron chi connectivity index (χ1n) is 9.32. The van der Waals surface area contributed by atoms with Gasteiger partial charge < -0.3 is 15.0 Å². The van der Waals surface area contributed by atoms with Crippen LogP contribution in [-0.2, 0) is 17.8 Å². The number of anilines is 1. The third kappa shape index (κ3) is 4.48. The number of nitrogens with one attached hydrogen (secondary N) is 1. The van der Waals surface area contributed by atoms with Crippen molar-refractivity contribution in [2.45, 2.75) is 33.2 Å². The maximum absolute atomic E-state index is 12.4. The van der Waals surface area contributed by atoms with Crippen molar-refractivity contribution in [1.29, 1.82) is 0 Å². The minimum Gasteiger partial charge on any atom is -0.497 e. The van der Waals surface area contributed by atoms with Gasteiger partial charge in [0, 0.05) is 30.8 Å². The maximum atomic E-state index is 12.4. The van der Waals surface area contributed by atoms with Crippen molar-refractivity contribution in [1.82, 2.24) is 5.32 Å². The van der Waals surface area contributed by atoms with Gasteiger partial charge in [-0.25, -0.2) is 0 Å². The maximum Gasteiger partial charge on any atom is 0.251 e. The zero-order valence-electron chi connectivity index (χ0n) is 16.1. The summed E-state index contributed by atoms with van der Waals surface area (Å²) in [6.45, 7) is 5.31. The first kappa shape index (κ1) is 19.0. The summed E-state index contributed by atoms with van der Waals surface area (Å²) < 4.78 is 5.11. The van der Waals surface area contributed by atoms with E-state index in [0.29, 0.717) is 24.4 Å². The SMILES string of the molecule is COc1ccc(C(=O)NCc2ccc3c(c2)CCN3C(=O)CC(C)C)cc1. The van der Waals surface area contributed by atoms with Gasteiger partial charge in [-0.3, -0.25) is 9.59 Å². The van der Waals surface area contributed by atoms with E-state index in [1.54, 1.807) is 31.4 Å². The summed E-state index contributed by atoms with van der Waals surface area (Å²) in [7, 11) is 1.60. The Bertz CT molecular complexity index is 828. The largest absolute Gasteiger partial charge is 0.497 e. The van der Waals surface area contributed by atoms with E-state index in [2.05, 4.69) is 25.2 Å². The molecule has 2 aromatic rings. The number of nitrogens with zero attached hydrogens (tertiary/aromatic N) is 1. The van der Waals surface area contributed by atoms with Crippen LogP contribution in [0, 0.1) is 5.92 Å². The molecule has 1 aliphatic heterocycles. The number of methoxy groups -OCH3 is 1. The Balaban J connectivity index is 1.62. The van der Waals surface area contributed by atoms with Gasteiger partial charge in [0.2, 0.25) is 5.91 Å². The van der Waals surface area contributed by atoms with Crippen LogP contribution in [0.3, 0.4) is 0 Å². The van der Waals surface area contributed by atoms with Crippen molar-refractivity contribution in [2.24, 2.45) is 5.92 Å². The van der Waals surface area contributed by atoms with Crippen LogP contribution in [0.4, 0.5) is 5.69 Å². The van der Waals surface area contributed by atoms with Gasteiger partial charge in [-0.1, -0.05) is 26.0 Å². The molecule has 1 aliphatic rings. The van der Waals surface area contributed by atoms with Gasteiger partial charge in [0.05, 0.1) is 7.11 Å². The number of carbonyl (C=O) groups is 2. The van der Waals surface area contributed by atoms with E-state index >= 15 is 0 Å². The van der Waals surface area contributed by atoms with Crippen molar-refractivity contribution in [3.05, 3.63) is 59.2 Å². The molecule has 2 amide bonds. The Morgan fingerprint density at radius 3 is 2.56 bits per heavy atom. The molecule has 0 fully saturated rings. The molecular weight excluding hydrogens is 340 g/mol. The summed E-state index contributed by atoms with van der Waals surface area (Å²) in [5, 5.41) is 2.94. The second-order valence-electron chi connectivity index (χ2n) is 7.27. The summed E-state index contributed by atoms with van der Waals surface area (Å²) in [5.74, 6) is 1.15. The minimum atomic E-state index is -0.119. The zero-order chi connectivity index (χ0) is 19.4. The van der Waals surface area contributed by atoms with E-state index in [4.69, 9.17) is 4.74 Å². The lowest BCUT2D eigenvalue weighted by atomic mass is 10.1. The van der Waals surface area contributed by atoms with Crippen LogP contribution < -0.4 is 15.0 Å². The molecule has 142 valence electrons. The van der Waals surface area contributed by atoms with E-state index in [1.807, 2.05) is 17.0 Å². The van der Waals surface area contributed by atoms with Gasteiger partial charge in [0.25, 0.3) is 5.91 Å². The first-order valence-corrected chi connectivity index (χ1v) is 9.32. The molecule has 3 rings (SSSR count). The third-order valence-corrected chi connectivity index (χ3v) is 4.73. The van der Waals surface area contributed by atoms with Gasteiger partial charge >= 0.3 is 0 Å². The van der Waals surface area contributed by atoms with Crippen molar-refractivity contribution < 1.29 is 14.3 Å². The molecule has 0 bridgehead atoms. The molecule has 2 aromatic carbocycles. The number of fused-ring (bicyclic) bond motifs is 1. The molecule has 0 atom stereocenters. The fourth-order valence-electron chi connectivity index (χ4n) is 3.31. The zero-order valence-corrected chi connectivity index (χ0v) is 16.1. The molecule has 1 heterocycles. The van der Waals surface area contributed by atoms with Gasteiger partial charge in [-0.15, -0.1) is 0 Å². The third-order valence-electron chi connectivity index (χ3n) is 4.73. The van der Waals surface area contributed by atoms with Crippen LogP contribution in [-0.4, -0.2) is 25.5 Å². The molecule has 5 nitrogen and oxygen atoms in total. The molecule has 0 saturated heterocycles. The van der Waals surface area contributed by atoms with Crippen LogP contribution in [0.2, 0.25) is 0 Å². The smallest absolute Gasteiger partial charge is 0.251 e. The van der Waals surface area contributed by atoms with Crippen LogP contribution in [0.15, 0.2) is 42.5 Å². The predicted octanol–water partition coefficient (Wildman–Crippen LogP) is 3.56. The highest BCUT2D eigenvalue weighted by atomic mass is 16.5. The molecule has 27 heavy (non-hydrogen) atoms. The van der Waals surface area contributed by atoms with E-state index in [0.717, 1.165) is 30.0 Å². The Labute approximate surface area is 160 Å². The average Bonchev–Trinajstić information content (AvgIpc) is 3.09. The summed E-state index contributed by atoms with van der Waals surface area (Å²) in [6.07, 6.45) is 1.43. The van der Waals surface area contributed by atoms with Crippen molar-refractivity contribution in [3.8, 4) is 5.75 Å². The molecule has 0 spiro atoms. The van der Waals surface area contributed by atoms with Gasteiger partial charge in [0.15, 0.2) is 0 Å². The fourth-order valence-corrected chi connectivity index (χ4v) is 3.31. The number of ether oxygens (including phenoxy) is 1. The standard InChI is InChI=1S/C22H26N2O3/c1-15(2)12-21(25)24-11-10-18-13-16(4-9-20(18)24)14-23-22(26)17-5-7-19(27-3)8-6-17/h4-9,13,15H,10-12,14H2,1-3H3,(H,23,26). The lowest BCUT2D eigenvalue weighted by Crippen LogP contribution is -2.29. The Morgan fingerprint density at radius 2 is 1.89 bits per heavy atom. The second-order valence-corrected chi connectivity index (χ2v) is 7.27. The number of rotatable bonds is 6. The first-order chi connectivity index (χ1) is 13.0. The van der Waals surface area contributed by atoms with Crippen molar-refractivity contribution in [2.75, 3.05) is 18.6 Å². The predicted molar refractivity (Wildman–Crippen MR) is 106 cm³/mol. The van der Waals surface area contributed by atoms with Crippen molar-refractivity contribution in [3.63, 3.8) is 0 Å². The van der Waals surface area contributed by atoms with Gasteiger partial charge in [-0.05, 0) is 53.8 Å². The monoisotopic (exact) mass is 366 g/mol. The molecule has 0 unspecified atom stereocenters. The molecule has 0 aromatic heterocycles. The van der Waals surface area contributed by atoms with E-state index in [1.165, 1.54) is 5.56 Å². The summed E-state index contributed by atoms with van der Waals surface area (Å²) in [5.41, 5.74) is 3.81. The van der Waals surface area contributed by atoms with Crippen LogP contribution in [0.5, 0.6) is 5.75 Å². The van der Waals surface area contributed by atoms with E-state index in [-0.39, 0.29) is 11.8 Å². The Kier molecular flexibility index (Phi) is 5.79. The molecular formula is C22H26N2O3. The summed E-state index contributed by atoms with van der Waals surface area (Å²) >= 11 is 0. The minimum absolute atomic E-state index is 0.119. The topological polar surface area (TPSA) is 58.6 Å². The van der Waals surface area contributed by atoms with Crippen molar-refractivity contribution >= 4 is 17.5 Å². The van der Waals surface area contributed by atoms with Gasteiger partial charge in [0.1, 0.15) is 5.75 Å². The second kappa shape index (κ2) is 8.25. The number of hydrogen-bond acceptors (Lipinski definition) is 3. The summed E-state index contributed by atoms with van der Waals surface area (Å²) in [6, 6.07) is 13.1.